The first-order chi connectivity index (χ1) is 18.1. The van der Waals surface area contributed by atoms with Crippen LogP contribution >= 0.6 is 38.6 Å². The highest BCUT2D eigenvalue weighted by atomic mass is 35.5. The van der Waals surface area contributed by atoms with Crippen LogP contribution in [0.15, 0.2) is 24.3 Å². The molecule has 0 radical (unpaired) electrons. The molecule has 222 valence electrons. The molecule has 3 aliphatic rings. The number of nitriles is 1. The fraction of sp³-hybridized carbons (Fsp3) is 0.655. The molecule has 1 saturated heterocycles. The molecule has 1 heterocycles. The highest BCUT2D eigenvalue weighted by Crippen LogP contribution is 2.46. The second-order valence-electron chi connectivity index (χ2n) is 12.0. The maximum absolute atomic E-state index is 13.3. The van der Waals surface area contributed by atoms with Crippen molar-refractivity contribution < 1.29 is 19.1 Å². The molecule has 2 aliphatic carbocycles. The van der Waals surface area contributed by atoms with Gasteiger partial charge in [-0.1, -0.05) is 69.7 Å². The van der Waals surface area contributed by atoms with Gasteiger partial charge in [-0.2, -0.15) is 32.3 Å². The number of alkyl carbamates (subject to hydrolysis) is 1. The van der Waals surface area contributed by atoms with Crippen molar-refractivity contribution in [2.75, 3.05) is 6.61 Å². The highest BCUT2D eigenvalue weighted by molar-refractivity contribution is 7.59. The quantitative estimate of drug-likeness (QED) is 0.345. The minimum absolute atomic E-state index is 0. The fourth-order valence-corrected chi connectivity index (χ4v) is 5.95. The number of carbonyl (C=O) groups excluding carboxylic acids is 3. The van der Waals surface area contributed by atoms with E-state index in [1.165, 1.54) is 6.42 Å². The monoisotopic (exact) mass is 610 g/mol. The zero-order valence-electron chi connectivity index (χ0n) is 23.4. The highest BCUT2D eigenvalue weighted by Gasteiger charge is 2.52. The Bertz CT molecular complexity index is 1090. The topological polar surface area (TPSA) is 120 Å². The van der Waals surface area contributed by atoms with Gasteiger partial charge < -0.3 is 20.7 Å². The number of ether oxygens (including phenoxy) is 1. The van der Waals surface area contributed by atoms with Crippen molar-refractivity contribution in [1.29, 1.82) is 5.26 Å². The molecule has 0 bridgehead atoms. The number of rotatable bonds is 10. The van der Waals surface area contributed by atoms with Gasteiger partial charge in [-0.15, -0.1) is 0 Å². The van der Waals surface area contributed by atoms with Gasteiger partial charge in [0.25, 0.3) is 0 Å². The molecule has 0 aromatic heterocycles. The van der Waals surface area contributed by atoms with Crippen molar-refractivity contribution in [3.8, 4) is 6.07 Å². The number of nitrogens with zero attached hydrogens (tertiary/aromatic N) is 1. The molecule has 3 fully saturated rings. The summed E-state index contributed by atoms with van der Waals surface area (Å²) in [5.41, 5.74) is 0.380. The molecule has 1 unspecified atom stereocenters. The fourth-order valence-electron chi connectivity index (χ4n) is 5.76. The molecule has 2 saturated carbocycles. The summed E-state index contributed by atoms with van der Waals surface area (Å²) in [5, 5.41) is 18.9. The molecular formula is C29H43ClN4O4S2. The average Bonchev–Trinajstić information content (AvgIpc) is 3.57. The van der Waals surface area contributed by atoms with Crippen molar-refractivity contribution in [3.05, 3.63) is 34.9 Å². The van der Waals surface area contributed by atoms with E-state index in [2.05, 4.69) is 22.0 Å². The number of hydrogen-bond donors (Lipinski definition) is 3. The molecule has 8 nitrogen and oxygen atoms in total. The Kier molecular flexibility index (Phi) is 12.5. The summed E-state index contributed by atoms with van der Waals surface area (Å²) in [7, 11) is 0. The number of benzene rings is 1. The van der Waals surface area contributed by atoms with Crippen LogP contribution in [0, 0.1) is 23.2 Å². The molecule has 1 aromatic carbocycles. The molecule has 1 aromatic rings. The first kappa shape index (κ1) is 34.1. The molecule has 3 N–H and O–H groups in total. The van der Waals surface area contributed by atoms with Crippen molar-refractivity contribution >= 4 is 56.5 Å². The Labute approximate surface area is 256 Å². The third-order valence-corrected chi connectivity index (χ3v) is 8.55. The average molecular weight is 611 g/mol. The summed E-state index contributed by atoms with van der Waals surface area (Å²) in [6.45, 7) is 4.03. The van der Waals surface area contributed by atoms with Crippen LogP contribution in [0.4, 0.5) is 4.79 Å². The third-order valence-electron chi connectivity index (χ3n) is 8.31. The molecule has 1 aliphatic heterocycles. The van der Waals surface area contributed by atoms with Crippen LogP contribution in [0.2, 0.25) is 5.02 Å². The molecule has 11 heteroatoms. The van der Waals surface area contributed by atoms with Crippen LogP contribution in [-0.4, -0.2) is 42.1 Å². The Hall–Kier alpha value is -2.09. The lowest BCUT2D eigenvalue weighted by Crippen LogP contribution is -2.51. The van der Waals surface area contributed by atoms with Gasteiger partial charge in [0.1, 0.15) is 18.7 Å². The van der Waals surface area contributed by atoms with E-state index in [9.17, 15) is 19.6 Å². The maximum Gasteiger partial charge on any atom is 0.407 e. The largest absolute Gasteiger partial charge is 0.449 e. The minimum atomic E-state index is -0.817. The first-order valence-electron chi connectivity index (χ1n) is 13.8. The smallest absolute Gasteiger partial charge is 0.407 e. The van der Waals surface area contributed by atoms with Gasteiger partial charge in [-0.25, -0.2) is 4.79 Å². The second kappa shape index (κ2) is 14.7. The molecule has 40 heavy (non-hydrogen) atoms. The predicted octanol–water partition coefficient (Wildman–Crippen LogP) is 4.98. The van der Waals surface area contributed by atoms with Gasteiger partial charge in [0.15, 0.2) is 0 Å². The van der Waals surface area contributed by atoms with Gasteiger partial charge in [0, 0.05) is 21.9 Å². The lowest BCUT2D eigenvalue weighted by Gasteiger charge is -2.28. The van der Waals surface area contributed by atoms with Gasteiger partial charge in [-0.3, -0.25) is 9.59 Å². The standard InChI is InChI=1S/C29H39ClN4O4.2H2S/c1-28(2,21-9-6-10-22(30)15-21)18-38-27(37)33-24(13-19-7-4-3-5-8-19)26(36)32-23(17-31)14-20-16-29(11-12-29)34-25(20)35;;/h6,9-10,15,19-20,23-24H,3-5,7-8,11-14,16,18H2,1-2H3,(H,32,36)(H,33,37)(H,34,35);2*1H2/t20?,23-,24-;;/m0../s1. The lowest BCUT2D eigenvalue weighted by molar-refractivity contribution is -0.125. The first-order valence-corrected chi connectivity index (χ1v) is 14.2. The van der Waals surface area contributed by atoms with E-state index in [0.717, 1.165) is 44.1 Å². The molecule has 1 spiro atoms. The summed E-state index contributed by atoms with van der Waals surface area (Å²) in [4.78, 5) is 38.5. The van der Waals surface area contributed by atoms with Gasteiger partial charge in [0.2, 0.25) is 11.8 Å². The molecule has 3 atom stereocenters. The lowest BCUT2D eigenvalue weighted by atomic mass is 9.84. The van der Waals surface area contributed by atoms with Gasteiger partial charge in [-0.05, 0) is 55.7 Å². The number of amides is 3. The van der Waals surface area contributed by atoms with Crippen LogP contribution in [-0.2, 0) is 19.7 Å². The number of carbonyl (C=O) groups is 3. The van der Waals surface area contributed by atoms with Crippen molar-refractivity contribution in [2.45, 2.75) is 101 Å². The normalized spacial score (nSPS) is 21.1. The van der Waals surface area contributed by atoms with E-state index in [4.69, 9.17) is 16.3 Å². The molecule has 4 rings (SSSR count). The number of halogens is 1. The number of hydrogen-bond acceptors (Lipinski definition) is 5. The summed E-state index contributed by atoms with van der Waals surface area (Å²) in [5.74, 6) is -0.419. The zero-order valence-corrected chi connectivity index (χ0v) is 26.1. The van der Waals surface area contributed by atoms with Crippen molar-refractivity contribution in [3.63, 3.8) is 0 Å². The Morgan fingerprint density at radius 1 is 1.18 bits per heavy atom. The Balaban J connectivity index is 0.00000280. The molecule has 3 amide bonds. The van der Waals surface area contributed by atoms with E-state index in [0.29, 0.717) is 23.8 Å². The molecular weight excluding hydrogens is 568 g/mol. The van der Waals surface area contributed by atoms with Crippen LogP contribution < -0.4 is 16.0 Å². The SMILES string of the molecule is CC(C)(COC(=O)N[C@@H](CC1CCCCC1)C(=O)N[C@H](C#N)CC1CC2(CC2)NC1=O)c1cccc(Cl)c1.S.S. The van der Waals surface area contributed by atoms with Gasteiger partial charge in [0.05, 0.1) is 6.07 Å². The van der Waals surface area contributed by atoms with Crippen molar-refractivity contribution in [1.82, 2.24) is 16.0 Å². The maximum atomic E-state index is 13.3. The minimum Gasteiger partial charge on any atom is -0.449 e. The van der Waals surface area contributed by atoms with Crippen LogP contribution in [0.3, 0.4) is 0 Å². The summed E-state index contributed by atoms with van der Waals surface area (Å²) in [6.07, 6.45) is 8.16. The number of nitrogens with one attached hydrogen (secondary N) is 3. The van der Waals surface area contributed by atoms with Crippen LogP contribution in [0.25, 0.3) is 0 Å². The zero-order chi connectivity index (χ0) is 27.3. The second-order valence-corrected chi connectivity index (χ2v) is 12.4. The summed E-state index contributed by atoms with van der Waals surface area (Å²) >= 11 is 6.13. The summed E-state index contributed by atoms with van der Waals surface area (Å²) in [6, 6.07) is 7.95. The third kappa shape index (κ3) is 9.22. The van der Waals surface area contributed by atoms with Crippen LogP contribution in [0.5, 0.6) is 0 Å². The van der Waals surface area contributed by atoms with E-state index in [1.54, 1.807) is 6.07 Å². The van der Waals surface area contributed by atoms with E-state index in [1.807, 2.05) is 32.0 Å². The predicted molar refractivity (Wildman–Crippen MR) is 165 cm³/mol. The van der Waals surface area contributed by atoms with Crippen LogP contribution in [0.1, 0.15) is 83.6 Å². The van der Waals surface area contributed by atoms with Crippen molar-refractivity contribution in [2.24, 2.45) is 11.8 Å². The Morgan fingerprint density at radius 3 is 2.48 bits per heavy atom. The van der Waals surface area contributed by atoms with E-state index >= 15 is 0 Å². The Morgan fingerprint density at radius 2 is 1.88 bits per heavy atom. The van der Waals surface area contributed by atoms with E-state index < -0.39 is 29.5 Å². The summed E-state index contributed by atoms with van der Waals surface area (Å²) < 4.78 is 5.56. The van der Waals surface area contributed by atoms with Gasteiger partial charge >= 0.3 is 6.09 Å². The van der Waals surface area contributed by atoms with E-state index in [-0.39, 0.29) is 57.4 Å².